The van der Waals surface area contributed by atoms with Gasteiger partial charge in [-0.2, -0.15) is 5.10 Å². The predicted octanol–water partition coefficient (Wildman–Crippen LogP) is 3.17. The van der Waals surface area contributed by atoms with Crippen LogP contribution < -0.4 is 5.32 Å². The fraction of sp³-hybridized carbons (Fsp3) is 0.444. The molecule has 1 unspecified atom stereocenters. The summed E-state index contributed by atoms with van der Waals surface area (Å²) >= 11 is 5.77. The van der Waals surface area contributed by atoms with Crippen molar-refractivity contribution < 1.29 is 17.6 Å². The van der Waals surface area contributed by atoms with Crippen molar-refractivity contribution in [1.29, 1.82) is 0 Å². The maximum absolute atomic E-state index is 13.3. The largest absolute Gasteiger partial charge is 0.321 e. The lowest BCUT2D eigenvalue weighted by molar-refractivity contribution is 0.102. The number of carbonyl (C=O) groups excluding carboxylic acids is 1. The molecule has 1 amide bonds. The maximum Gasteiger partial charge on any atom is 0.276 e. The minimum absolute atomic E-state index is 0.0652. The van der Waals surface area contributed by atoms with Crippen LogP contribution in [0.25, 0.3) is 0 Å². The second-order valence-electron chi connectivity index (χ2n) is 7.07. The van der Waals surface area contributed by atoms with E-state index in [1.807, 2.05) is 0 Å². The highest BCUT2D eigenvalue weighted by molar-refractivity contribution is 7.91. The number of nitrogens with one attached hydrogen (secondary N) is 1. The van der Waals surface area contributed by atoms with Gasteiger partial charge < -0.3 is 5.32 Å². The molecule has 1 fully saturated rings. The van der Waals surface area contributed by atoms with Crippen molar-refractivity contribution in [3.63, 3.8) is 0 Å². The molecule has 1 atom stereocenters. The maximum atomic E-state index is 13.3. The number of fused-ring (bicyclic) bond motifs is 1. The first kappa shape index (κ1) is 18.4. The first-order valence-corrected chi connectivity index (χ1v) is 11.1. The Morgan fingerprint density at radius 1 is 1.30 bits per heavy atom. The summed E-state index contributed by atoms with van der Waals surface area (Å²) in [5.41, 5.74) is 2.55. The third-order valence-corrected chi connectivity index (χ3v) is 7.20. The van der Waals surface area contributed by atoms with E-state index >= 15 is 0 Å². The summed E-state index contributed by atoms with van der Waals surface area (Å²) in [7, 11) is -3.05. The van der Waals surface area contributed by atoms with E-state index in [2.05, 4.69) is 10.4 Å². The van der Waals surface area contributed by atoms with Gasteiger partial charge in [0.05, 0.1) is 22.6 Å². The van der Waals surface area contributed by atoms with Gasteiger partial charge in [0.15, 0.2) is 15.5 Å². The smallest absolute Gasteiger partial charge is 0.276 e. The molecule has 1 aromatic carbocycles. The number of halogens is 2. The molecule has 0 saturated carbocycles. The molecular formula is C18H19ClFN3O3S. The second kappa shape index (κ2) is 6.91. The van der Waals surface area contributed by atoms with Crippen LogP contribution in [-0.2, 0) is 22.7 Å². The Balaban J connectivity index is 1.66. The predicted molar refractivity (Wildman–Crippen MR) is 101 cm³/mol. The monoisotopic (exact) mass is 411 g/mol. The Kier molecular flexibility index (Phi) is 4.71. The van der Waals surface area contributed by atoms with E-state index in [1.54, 1.807) is 4.68 Å². The highest BCUT2D eigenvalue weighted by Crippen LogP contribution is 2.31. The van der Waals surface area contributed by atoms with Crippen molar-refractivity contribution in [3.05, 3.63) is 46.0 Å². The number of rotatable bonds is 3. The van der Waals surface area contributed by atoms with Crippen LogP contribution in [0.15, 0.2) is 18.2 Å². The lowest BCUT2D eigenvalue weighted by atomic mass is 9.95. The Morgan fingerprint density at radius 3 is 2.78 bits per heavy atom. The first-order chi connectivity index (χ1) is 12.8. The summed E-state index contributed by atoms with van der Waals surface area (Å²) in [6.45, 7) is 0. The number of carbonyl (C=O) groups is 1. The molecular weight excluding hydrogens is 393 g/mol. The topological polar surface area (TPSA) is 81.1 Å². The van der Waals surface area contributed by atoms with Gasteiger partial charge in [-0.1, -0.05) is 11.6 Å². The molecule has 1 aliphatic heterocycles. The molecule has 2 aromatic rings. The van der Waals surface area contributed by atoms with Crippen molar-refractivity contribution in [2.45, 2.75) is 38.1 Å². The van der Waals surface area contributed by atoms with E-state index in [9.17, 15) is 17.6 Å². The number of hydrogen-bond acceptors (Lipinski definition) is 4. The van der Waals surface area contributed by atoms with Gasteiger partial charge in [0.2, 0.25) is 0 Å². The van der Waals surface area contributed by atoms with Gasteiger partial charge in [-0.15, -0.1) is 0 Å². The van der Waals surface area contributed by atoms with Crippen molar-refractivity contribution in [2.24, 2.45) is 0 Å². The van der Waals surface area contributed by atoms with Gasteiger partial charge in [-0.25, -0.2) is 12.8 Å². The van der Waals surface area contributed by atoms with E-state index in [4.69, 9.17) is 11.6 Å². The summed E-state index contributed by atoms with van der Waals surface area (Å²) in [6, 6.07) is 3.76. The fourth-order valence-corrected chi connectivity index (χ4v) is 5.72. The standard InChI is InChI=1S/C18H19ClFN3O3S/c19-14-9-11(5-6-15(14)20)21-18(24)17-13-3-1-2-4-16(13)23(22-17)12-7-8-27(25,26)10-12/h5-6,9,12H,1-4,7-8,10H2,(H,21,24). The van der Waals surface area contributed by atoms with Crippen LogP contribution in [0.2, 0.25) is 5.02 Å². The minimum atomic E-state index is -3.05. The normalized spacial score (nSPS) is 21.0. The number of aromatic nitrogens is 2. The fourth-order valence-electron chi connectivity index (χ4n) is 3.84. The number of nitrogens with zero attached hydrogens (tertiary/aromatic N) is 2. The second-order valence-corrected chi connectivity index (χ2v) is 9.70. The van der Waals surface area contributed by atoms with Crippen molar-refractivity contribution >= 4 is 33.0 Å². The van der Waals surface area contributed by atoms with Crippen molar-refractivity contribution in [2.75, 3.05) is 16.8 Å². The Hall–Kier alpha value is -1.93. The lowest BCUT2D eigenvalue weighted by Gasteiger charge is -2.17. The average molecular weight is 412 g/mol. The summed E-state index contributed by atoms with van der Waals surface area (Å²) < 4.78 is 38.8. The first-order valence-electron chi connectivity index (χ1n) is 8.91. The zero-order chi connectivity index (χ0) is 19.2. The molecule has 2 heterocycles. The Labute approximate surface area is 161 Å². The lowest BCUT2D eigenvalue weighted by Crippen LogP contribution is -2.17. The molecule has 4 rings (SSSR count). The number of hydrogen-bond donors (Lipinski definition) is 1. The molecule has 27 heavy (non-hydrogen) atoms. The van der Waals surface area contributed by atoms with E-state index in [0.29, 0.717) is 17.8 Å². The summed E-state index contributed by atoms with van der Waals surface area (Å²) in [5.74, 6) is -0.730. The van der Waals surface area contributed by atoms with Crippen LogP contribution in [-0.4, -0.2) is 35.6 Å². The summed E-state index contributed by atoms with van der Waals surface area (Å²) in [6.07, 6.45) is 4.00. The van der Waals surface area contributed by atoms with E-state index in [-0.39, 0.29) is 22.6 Å². The van der Waals surface area contributed by atoms with Crippen LogP contribution in [0.5, 0.6) is 0 Å². The van der Waals surface area contributed by atoms with Gasteiger partial charge in [0, 0.05) is 16.9 Å². The number of sulfone groups is 1. The van der Waals surface area contributed by atoms with Crippen LogP contribution >= 0.6 is 11.6 Å². The van der Waals surface area contributed by atoms with Crippen molar-refractivity contribution in [3.8, 4) is 0 Å². The van der Waals surface area contributed by atoms with E-state index < -0.39 is 21.6 Å². The van der Waals surface area contributed by atoms with Crippen molar-refractivity contribution in [1.82, 2.24) is 9.78 Å². The zero-order valence-corrected chi connectivity index (χ0v) is 16.1. The molecule has 9 heteroatoms. The summed E-state index contributed by atoms with van der Waals surface area (Å²) in [5, 5.41) is 7.15. The van der Waals surface area contributed by atoms with Crippen LogP contribution in [0, 0.1) is 5.82 Å². The van der Waals surface area contributed by atoms with E-state index in [1.165, 1.54) is 18.2 Å². The molecule has 1 saturated heterocycles. The molecule has 0 bridgehead atoms. The Bertz CT molecular complexity index is 1020. The van der Waals surface area contributed by atoms with Gasteiger partial charge >= 0.3 is 0 Å². The van der Waals surface area contributed by atoms with Gasteiger partial charge in [-0.3, -0.25) is 9.48 Å². The zero-order valence-electron chi connectivity index (χ0n) is 14.5. The van der Waals surface area contributed by atoms with Crippen LogP contribution in [0.4, 0.5) is 10.1 Å². The van der Waals surface area contributed by atoms with Crippen LogP contribution in [0.3, 0.4) is 0 Å². The van der Waals surface area contributed by atoms with Crippen LogP contribution in [0.1, 0.15) is 47.1 Å². The molecule has 0 radical (unpaired) electrons. The minimum Gasteiger partial charge on any atom is -0.321 e. The molecule has 1 aliphatic carbocycles. The molecule has 1 aromatic heterocycles. The quantitative estimate of drug-likeness (QED) is 0.841. The van der Waals surface area contributed by atoms with E-state index in [0.717, 1.165) is 36.9 Å². The highest BCUT2D eigenvalue weighted by atomic mass is 35.5. The van der Waals surface area contributed by atoms with Gasteiger partial charge in [0.25, 0.3) is 5.91 Å². The molecule has 144 valence electrons. The molecule has 6 nitrogen and oxygen atoms in total. The van der Waals surface area contributed by atoms with Gasteiger partial charge in [0.1, 0.15) is 5.82 Å². The van der Waals surface area contributed by atoms with Gasteiger partial charge in [-0.05, 0) is 50.3 Å². The molecule has 0 spiro atoms. The highest BCUT2D eigenvalue weighted by Gasteiger charge is 2.34. The average Bonchev–Trinajstić information content (AvgIpc) is 3.18. The Morgan fingerprint density at radius 2 is 2.07 bits per heavy atom. The summed E-state index contributed by atoms with van der Waals surface area (Å²) in [4.78, 5) is 12.8. The SMILES string of the molecule is O=C(Nc1ccc(F)c(Cl)c1)c1nn(C2CCS(=O)(=O)C2)c2c1CCCC2. The molecule has 1 N–H and O–H groups in total. The third-order valence-electron chi connectivity index (χ3n) is 5.16. The molecule has 2 aliphatic rings. The third kappa shape index (κ3) is 3.60. The number of benzene rings is 1. The number of anilines is 1. The number of amides is 1.